The van der Waals surface area contributed by atoms with Gasteiger partial charge in [0, 0.05) is 25.1 Å². The molecule has 0 spiro atoms. The van der Waals surface area contributed by atoms with Gasteiger partial charge in [-0.1, -0.05) is 30.3 Å². The molecule has 2 aromatic rings. The lowest BCUT2D eigenvalue weighted by atomic mass is 10.2. The number of para-hydroxylation sites is 2. The number of anilines is 1. The van der Waals surface area contributed by atoms with Crippen LogP contribution in [0.3, 0.4) is 0 Å². The Morgan fingerprint density at radius 3 is 2.46 bits per heavy atom. The summed E-state index contributed by atoms with van der Waals surface area (Å²) in [5.74, 6) is -0.344. The van der Waals surface area contributed by atoms with Crippen molar-refractivity contribution in [1.82, 2.24) is 4.31 Å². The summed E-state index contributed by atoms with van der Waals surface area (Å²) in [6.45, 7) is -0.193. The summed E-state index contributed by atoms with van der Waals surface area (Å²) in [7, 11) is -2.11. The number of hydrogen-bond donors (Lipinski definition) is 1. The van der Waals surface area contributed by atoms with Crippen molar-refractivity contribution in [2.45, 2.75) is 13.0 Å². The third-order valence-corrected chi connectivity index (χ3v) is 4.99. The number of carbonyl (C=O) groups is 1. The first kappa shape index (κ1) is 19.9. The third-order valence-electron chi connectivity index (χ3n) is 3.74. The zero-order valence-corrected chi connectivity index (χ0v) is 15.4. The first-order valence-electron chi connectivity index (χ1n) is 7.92. The van der Waals surface area contributed by atoms with Crippen LogP contribution in [0.2, 0.25) is 0 Å². The van der Waals surface area contributed by atoms with Gasteiger partial charge in [-0.15, -0.1) is 0 Å². The van der Waals surface area contributed by atoms with Crippen molar-refractivity contribution >= 4 is 21.6 Å². The minimum Gasteiger partial charge on any atom is -0.495 e. The number of ether oxygens (including phenoxy) is 1. The highest BCUT2D eigenvalue weighted by Gasteiger charge is 2.20. The fourth-order valence-electron chi connectivity index (χ4n) is 2.37. The van der Waals surface area contributed by atoms with E-state index in [4.69, 9.17) is 4.74 Å². The predicted molar refractivity (Wildman–Crippen MR) is 97.9 cm³/mol. The van der Waals surface area contributed by atoms with Gasteiger partial charge >= 0.3 is 0 Å². The van der Waals surface area contributed by atoms with Crippen molar-refractivity contribution in [3.8, 4) is 5.75 Å². The quantitative estimate of drug-likeness (QED) is 0.764. The fraction of sp³-hybridized carbons (Fsp3) is 0.278. The fourth-order valence-corrected chi connectivity index (χ4v) is 3.16. The van der Waals surface area contributed by atoms with Crippen LogP contribution in [0.4, 0.5) is 10.1 Å². The Bertz CT molecular complexity index is 871. The molecular weight excluding hydrogens is 359 g/mol. The SMILES string of the molecule is COc1ccccc1NC(=O)CCN(Cc1ccccc1F)S(C)(=O)=O. The van der Waals surface area contributed by atoms with Gasteiger partial charge in [-0.05, 0) is 18.2 Å². The molecule has 0 saturated carbocycles. The Morgan fingerprint density at radius 2 is 1.81 bits per heavy atom. The average molecular weight is 380 g/mol. The molecule has 26 heavy (non-hydrogen) atoms. The van der Waals surface area contributed by atoms with Gasteiger partial charge in [0.15, 0.2) is 0 Å². The van der Waals surface area contributed by atoms with E-state index in [1.54, 1.807) is 30.3 Å². The lowest BCUT2D eigenvalue weighted by molar-refractivity contribution is -0.116. The maximum atomic E-state index is 13.8. The molecule has 0 aromatic heterocycles. The van der Waals surface area contributed by atoms with E-state index in [0.29, 0.717) is 11.4 Å². The third kappa shape index (κ3) is 5.53. The summed E-state index contributed by atoms with van der Waals surface area (Å²) in [5, 5.41) is 2.68. The number of hydrogen-bond acceptors (Lipinski definition) is 4. The first-order chi connectivity index (χ1) is 12.3. The van der Waals surface area contributed by atoms with Gasteiger partial charge in [0.1, 0.15) is 11.6 Å². The van der Waals surface area contributed by atoms with Crippen LogP contribution in [-0.2, 0) is 21.4 Å². The second-order valence-corrected chi connectivity index (χ2v) is 7.67. The Labute approximate surface area is 152 Å². The first-order valence-corrected chi connectivity index (χ1v) is 9.77. The molecule has 0 aliphatic rings. The standard InChI is InChI=1S/C18H21FN2O4S/c1-25-17-10-6-5-9-16(17)20-18(22)11-12-21(26(2,23)24)13-14-7-3-4-8-15(14)19/h3-10H,11-13H2,1-2H3,(H,20,22). The van der Waals surface area contributed by atoms with Gasteiger partial charge in [0.2, 0.25) is 15.9 Å². The molecule has 140 valence electrons. The Morgan fingerprint density at radius 1 is 1.15 bits per heavy atom. The van der Waals surface area contributed by atoms with Crippen molar-refractivity contribution in [2.24, 2.45) is 0 Å². The van der Waals surface area contributed by atoms with Gasteiger partial charge in [-0.2, -0.15) is 4.31 Å². The van der Waals surface area contributed by atoms with Crippen molar-refractivity contribution in [1.29, 1.82) is 0 Å². The number of carbonyl (C=O) groups excluding carboxylic acids is 1. The number of amides is 1. The minimum absolute atomic E-state index is 0.0614. The van der Waals surface area contributed by atoms with Crippen molar-refractivity contribution in [3.05, 3.63) is 59.9 Å². The smallest absolute Gasteiger partial charge is 0.225 e. The molecule has 0 saturated heterocycles. The van der Waals surface area contributed by atoms with E-state index in [9.17, 15) is 17.6 Å². The summed E-state index contributed by atoms with van der Waals surface area (Å²) in [6.07, 6.45) is 0.964. The lowest BCUT2D eigenvalue weighted by Gasteiger charge is -2.20. The zero-order chi connectivity index (χ0) is 19.2. The maximum absolute atomic E-state index is 13.8. The molecule has 0 aliphatic carbocycles. The number of nitrogens with zero attached hydrogens (tertiary/aromatic N) is 1. The van der Waals surface area contributed by atoms with Gasteiger partial charge in [0.25, 0.3) is 0 Å². The van der Waals surface area contributed by atoms with Crippen LogP contribution in [-0.4, -0.2) is 38.5 Å². The lowest BCUT2D eigenvalue weighted by Crippen LogP contribution is -2.33. The molecule has 1 amide bonds. The van der Waals surface area contributed by atoms with E-state index in [2.05, 4.69) is 5.32 Å². The molecule has 0 unspecified atom stereocenters. The van der Waals surface area contributed by atoms with Crippen LogP contribution in [0.25, 0.3) is 0 Å². The molecular formula is C18H21FN2O4S. The number of benzene rings is 2. The number of nitrogens with one attached hydrogen (secondary N) is 1. The van der Waals surface area contributed by atoms with Gasteiger partial charge in [-0.25, -0.2) is 12.8 Å². The maximum Gasteiger partial charge on any atom is 0.225 e. The Hall–Kier alpha value is -2.45. The van der Waals surface area contributed by atoms with Crippen LogP contribution < -0.4 is 10.1 Å². The number of halogens is 1. The monoisotopic (exact) mass is 380 g/mol. The van der Waals surface area contributed by atoms with E-state index in [1.165, 1.54) is 25.3 Å². The zero-order valence-electron chi connectivity index (χ0n) is 14.6. The molecule has 6 nitrogen and oxygen atoms in total. The highest BCUT2D eigenvalue weighted by Crippen LogP contribution is 2.23. The molecule has 0 bridgehead atoms. The van der Waals surface area contributed by atoms with Crippen molar-refractivity contribution < 1.29 is 22.3 Å². The minimum atomic E-state index is -3.60. The average Bonchev–Trinajstić information content (AvgIpc) is 2.59. The summed E-state index contributed by atoms with van der Waals surface area (Å²) < 4.78 is 44.0. The van der Waals surface area contributed by atoms with E-state index in [1.807, 2.05) is 0 Å². The van der Waals surface area contributed by atoms with E-state index >= 15 is 0 Å². The molecule has 0 atom stereocenters. The summed E-state index contributed by atoms with van der Waals surface area (Å²) in [6, 6.07) is 12.9. The molecule has 0 radical (unpaired) electrons. The normalized spacial score (nSPS) is 11.4. The predicted octanol–water partition coefficient (Wildman–Crippen LogP) is 2.62. The van der Waals surface area contributed by atoms with E-state index in [0.717, 1.165) is 10.6 Å². The van der Waals surface area contributed by atoms with Crippen molar-refractivity contribution in [3.63, 3.8) is 0 Å². The molecule has 0 heterocycles. The number of sulfonamides is 1. The van der Waals surface area contributed by atoms with Crippen LogP contribution in [0.15, 0.2) is 48.5 Å². The summed E-state index contributed by atoms with van der Waals surface area (Å²) in [5.41, 5.74) is 0.753. The van der Waals surface area contributed by atoms with Crippen molar-refractivity contribution in [2.75, 3.05) is 25.2 Å². The molecule has 2 aromatic carbocycles. The number of rotatable bonds is 8. The highest BCUT2D eigenvalue weighted by molar-refractivity contribution is 7.88. The number of methoxy groups -OCH3 is 1. The van der Waals surface area contributed by atoms with Crippen LogP contribution in [0.1, 0.15) is 12.0 Å². The van der Waals surface area contributed by atoms with E-state index in [-0.39, 0.29) is 31.0 Å². The van der Waals surface area contributed by atoms with Crippen LogP contribution in [0.5, 0.6) is 5.75 Å². The molecule has 8 heteroatoms. The Kier molecular flexibility index (Phi) is 6.70. The van der Waals surface area contributed by atoms with Gasteiger partial charge < -0.3 is 10.1 Å². The van der Waals surface area contributed by atoms with Gasteiger partial charge in [0.05, 0.1) is 19.1 Å². The second kappa shape index (κ2) is 8.77. The molecule has 0 fully saturated rings. The molecule has 2 rings (SSSR count). The summed E-state index contributed by atoms with van der Waals surface area (Å²) in [4.78, 5) is 12.2. The van der Waals surface area contributed by atoms with Crippen LogP contribution in [0, 0.1) is 5.82 Å². The topological polar surface area (TPSA) is 75.7 Å². The van der Waals surface area contributed by atoms with Gasteiger partial charge in [-0.3, -0.25) is 4.79 Å². The largest absolute Gasteiger partial charge is 0.495 e. The van der Waals surface area contributed by atoms with Crippen LogP contribution >= 0.6 is 0 Å². The van der Waals surface area contributed by atoms with E-state index < -0.39 is 15.8 Å². The molecule has 0 aliphatic heterocycles. The Balaban J connectivity index is 2.03. The second-order valence-electron chi connectivity index (χ2n) is 5.69. The molecule has 1 N–H and O–H groups in total. The highest BCUT2D eigenvalue weighted by atomic mass is 32.2. The summed E-state index contributed by atoms with van der Waals surface area (Å²) >= 11 is 0.